The van der Waals surface area contributed by atoms with E-state index in [0.29, 0.717) is 18.8 Å². The maximum absolute atomic E-state index is 12.7. The number of nitrogens with one attached hydrogen (secondary N) is 1. The minimum absolute atomic E-state index is 0.0976. The third kappa shape index (κ3) is 4.80. The summed E-state index contributed by atoms with van der Waals surface area (Å²) in [5, 5.41) is 0. The fourth-order valence-corrected chi connectivity index (χ4v) is 2.77. The molecule has 0 aliphatic heterocycles. The van der Waals surface area contributed by atoms with Gasteiger partial charge in [-0.1, -0.05) is 20.8 Å². The lowest BCUT2D eigenvalue weighted by Gasteiger charge is -2.32. The van der Waals surface area contributed by atoms with Crippen LogP contribution in [-0.2, 0) is 4.79 Å². The van der Waals surface area contributed by atoms with Crippen LogP contribution in [0.3, 0.4) is 0 Å². The van der Waals surface area contributed by atoms with Gasteiger partial charge in [-0.3, -0.25) is 14.5 Å². The average molecular weight is 337 g/mol. The Morgan fingerprint density at radius 1 is 1.12 bits per heavy atom. The second-order valence-corrected chi connectivity index (χ2v) is 6.01. The minimum Gasteiger partial charge on any atom is -0.348 e. The van der Waals surface area contributed by atoms with Crippen LogP contribution in [0.15, 0.2) is 6.33 Å². The second-order valence-electron chi connectivity index (χ2n) is 6.01. The van der Waals surface area contributed by atoms with Gasteiger partial charge in [-0.25, -0.2) is 4.98 Å². The van der Waals surface area contributed by atoms with Gasteiger partial charge < -0.3 is 14.8 Å². The van der Waals surface area contributed by atoms with E-state index >= 15 is 0 Å². The quantitative estimate of drug-likeness (QED) is 0.739. The molecule has 1 aromatic rings. The summed E-state index contributed by atoms with van der Waals surface area (Å²) >= 11 is 0. The number of H-pyrrole nitrogens is 1. The third-order valence-electron chi connectivity index (χ3n) is 4.45. The first-order valence-corrected chi connectivity index (χ1v) is 8.61. The topological polar surface area (TPSA) is 72.5 Å². The van der Waals surface area contributed by atoms with Gasteiger partial charge in [-0.05, 0) is 26.4 Å². The number of carbonyl (C=O) groups is 2. The molecular weight excluding hydrogens is 306 g/mol. The Bertz CT molecular complexity index is 539. The van der Waals surface area contributed by atoms with Crippen molar-refractivity contribution in [3.63, 3.8) is 0 Å². The Morgan fingerprint density at radius 2 is 1.71 bits per heavy atom. The van der Waals surface area contributed by atoms with Crippen LogP contribution >= 0.6 is 0 Å². The molecule has 0 saturated heterocycles. The van der Waals surface area contributed by atoms with Crippen LogP contribution in [0.25, 0.3) is 0 Å². The molecule has 0 fully saturated rings. The molecule has 0 aliphatic rings. The van der Waals surface area contributed by atoms with E-state index in [1.54, 1.807) is 23.9 Å². The van der Waals surface area contributed by atoms with Gasteiger partial charge in [0.25, 0.3) is 5.91 Å². The Morgan fingerprint density at radius 3 is 2.17 bits per heavy atom. The van der Waals surface area contributed by atoms with Crippen molar-refractivity contribution in [2.75, 3.05) is 40.3 Å². The van der Waals surface area contributed by atoms with Crippen molar-refractivity contribution in [2.24, 2.45) is 0 Å². The molecule has 0 saturated carbocycles. The molecule has 0 spiro atoms. The van der Waals surface area contributed by atoms with Crippen LogP contribution in [0.5, 0.6) is 0 Å². The van der Waals surface area contributed by atoms with Gasteiger partial charge in [0.2, 0.25) is 5.91 Å². The van der Waals surface area contributed by atoms with Crippen molar-refractivity contribution in [1.29, 1.82) is 0 Å². The predicted molar refractivity (Wildman–Crippen MR) is 94.9 cm³/mol. The molecule has 1 rings (SSSR count). The molecule has 1 heterocycles. The summed E-state index contributed by atoms with van der Waals surface area (Å²) in [6.07, 6.45) is 2.30. The van der Waals surface area contributed by atoms with Gasteiger partial charge in [0.05, 0.1) is 12.4 Å². The Labute approximate surface area is 145 Å². The third-order valence-corrected chi connectivity index (χ3v) is 4.45. The van der Waals surface area contributed by atoms with E-state index in [0.717, 1.165) is 25.2 Å². The number of hydrogen-bond donors (Lipinski definition) is 1. The number of carbonyl (C=O) groups excluding carboxylic acids is 2. The molecule has 1 aromatic heterocycles. The Hall–Kier alpha value is -1.89. The zero-order valence-electron chi connectivity index (χ0n) is 15.8. The summed E-state index contributed by atoms with van der Waals surface area (Å²) in [4.78, 5) is 37.4. The van der Waals surface area contributed by atoms with E-state index in [1.807, 2.05) is 13.8 Å². The fourth-order valence-electron chi connectivity index (χ4n) is 2.77. The fraction of sp³-hybridized carbons (Fsp3) is 0.706. The van der Waals surface area contributed by atoms with Crippen molar-refractivity contribution in [1.82, 2.24) is 24.7 Å². The standard InChI is InChI=1S/C17H31N5O2/c1-7-14(22(8-2)9-3)16(23)20(5)10-11-21(6)17(24)15-13(4)18-12-19-15/h12,14H,7-11H2,1-6H3,(H,18,19). The van der Waals surface area contributed by atoms with Gasteiger partial charge in [-0.15, -0.1) is 0 Å². The van der Waals surface area contributed by atoms with Crippen LogP contribution in [-0.4, -0.2) is 82.8 Å². The van der Waals surface area contributed by atoms with Gasteiger partial charge >= 0.3 is 0 Å². The number of hydrogen-bond acceptors (Lipinski definition) is 4. The van der Waals surface area contributed by atoms with Crippen LogP contribution in [0.2, 0.25) is 0 Å². The molecule has 0 bridgehead atoms. The molecule has 136 valence electrons. The lowest BCUT2D eigenvalue weighted by atomic mass is 10.1. The maximum atomic E-state index is 12.7. The number of aryl methyl sites for hydroxylation is 1. The van der Waals surface area contributed by atoms with E-state index in [-0.39, 0.29) is 17.9 Å². The van der Waals surface area contributed by atoms with Crippen LogP contribution in [0.1, 0.15) is 43.4 Å². The first kappa shape index (κ1) is 20.2. The highest BCUT2D eigenvalue weighted by molar-refractivity contribution is 5.93. The number of amides is 2. The normalized spacial score (nSPS) is 12.3. The molecule has 0 aromatic carbocycles. The van der Waals surface area contributed by atoms with Crippen LogP contribution < -0.4 is 0 Å². The number of imidazole rings is 1. The molecule has 7 nitrogen and oxygen atoms in total. The number of nitrogens with zero attached hydrogens (tertiary/aromatic N) is 4. The lowest BCUT2D eigenvalue weighted by Crippen LogP contribution is -2.48. The molecular formula is C17H31N5O2. The van der Waals surface area contributed by atoms with Crippen molar-refractivity contribution in [3.05, 3.63) is 17.7 Å². The first-order chi connectivity index (χ1) is 11.4. The van der Waals surface area contributed by atoms with E-state index in [9.17, 15) is 9.59 Å². The first-order valence-electron chi connectivity index (χ1n) is 8.61. The van der Waals surface area contributed by atoms with Crippen molar-refractivity contribution < 1.29 is 9.59 Å². The summed E-state index contributed by atoms with van der Waals surface area (Å²) in [5.41, 5.74) is 1.19. The lowest BCUT2D eigenvalue weighted by molar-refractivity contribution is -0.135. The van der Waals surface area contributed by atoms with Gasteiger partial charge in [0.15, 0.2) is 0 Å². The molecule has 1 atom stereocenters. The average Bonchev–Trinajstić information content (AvgIpc) is 3.01. The number of likely N-dealkylation sites (N-methyl/N-ethyl adjacent to an activating group) is 3. The van der Waals surface area contributed by atoms with Crippen LogP contribution in [0, 0.1) is 6.92 Å². The maximum Gasteiger partial charge on any atom is 0.274 e. The SMILES string of the molecule is CCC(C(=O)N(C)CCN(C)C(=O)c1nc[nH]c1C)N(CC)CC. The summed E-state index contributed by atoms with van der Waals surface area (Å²) in [7, 11) is 3.53. The molecule has 0 radical (unpaired) electrons. The van der Waals surface area contributed by atoms with E-state index < -0.39 is 0 Å². The molecule has 24 heavy (non-hydrogen) atoms. The molecule has 2 amide bonds. The summed E-state index contributed by atoms with van der Waals surface area (Å²) in [6, 6.07) is -0.0976. The smallest absolute Gasteiger partial charge is 0.274 e. The molecule has 1 unspecified atom stereocenters. The summed E-state index contributed by atoms with van der Waals surface area (Å²) in [6.45, 7) is 10.7. The van der Waals surface area contributed by atoms with Crippen LogP contribution in [0.4, 0.5) is 0 Å². The number of rotatable bonds is 9. The number of aromatic amines is 1. The zero-order chi connectivity index (χ0) is 18.3. The second kappa shape index (κ2) is 9.42. The Kier molecular flexibility index (Phi) is 7.91. The van der Waals surface area contributed by atoms with Crippen molar-refractivity contribution in [2.45, 2.75) is 40.2 Å². The Balaban J connectivity index is 2.61. The van der Waals surface area contributed by atoms with Crippen molar-refractivity contribution in [3.8, 4) is 0 Å². The predicted octanol–water partition coefficient (Wildman–Crippen LogP) is 1.37. The largest absolute Gasteiger partial charge is 0.348 e. The van der Waals surface area contributed by atoms with Crippen molar-refractivity contribution >= 4 is 11.8 Å². The highest BCUT2D eigenvalue weighted by Crippen LogP contribution is 2.08. The molecule has 7 heteroatoms. The van der Waals surface area contributed by atoms with E-state index in [1.165, 1.54) is 6.33 Å². The summed E-state index contributed by atoms with van der Waals surface area (Å²) in [5.74, 6) is -0.0246. The highest BCUT2D eigenvalue weighted by atomic mass is 16.2. The van der Waals surface area contributed by atoms with Gasteiger partial charge in [0, 0.05) is 32.9 Å². The van der Waals surface area contributed by atoms with E-state index in [4.69, 9.17) is 0 Å². The summed E-state index contributed by atoms with van der Waals surface area (Å²) < 4.78 is 0. The molecule has 1 N–H and O–H groups in total. The monoisotopic (exact) mass is 337 g/mol. The van der Waals surface area contributed by atoms with Gasteiger partial charge in [-0.2, -0.15) is 0 Å². The number of aromatic nitrogens is 2. The zero-order valence-corrected chi connectivity index (χ0v) is 15.8. The highest BCUT2D eigenvalue weighted by Gasteiger charge is 2.25. The van der Waals surface area contributed by atoms with E-state index in [2.05, 4.69) is 28.7 Å². The van der Waals surface area contributed by atoms with Gasteiger partial charge in [0.1, 0.15) is 5.69 Å². The minimum atomic E-state index is -0.134. The molecule has 0 aliphatic carbocycles.